The Morgan fingerprint density at radius 1 is 1.47 bits per heavy atom. The van der Waals surface area contributed by atoms with Crippen LogP contribution in [0.2, 0.25) is 0 Å². The van der Waals surface area contributed by atoms with Crippen molar-refractivity contribution in [1.82, 2.24) is 9.88 Å². The van der Waals surface area contributed by atoms with Crippen LogP contribution in [-0.2, 0) is 16.1 Å². The second-order valence-corrected chi connectivity index (χ2v) is 5.15. The lowest BCUT2D eigenvalue weighted by Crippen LogP contribution is -2.33. The zero-order valence-corrected chi connectivity index (χ0v) is 10.7. The molecule has 1 N–H and O–H groups in total. The van der Waals surface area contributed by atoms with Crippen molar-refractivity contribution < 1.29 is 19.5 Å². The number of carboxylic acid groups (broad SMARTS) is 1. The van der Waals surface area contributed by atoms with Crippen molar-refractivity contribution >= 4 is 17.8 Å². The van der Waals surface area contributed by atoms with E-state index in [2.05, 4.69) is 4.98 Å². The van der Waals surface area contributed by atoms with Gasteiger partial charge in [-0.25, -0.2) is 4.79 Å². The quantitative estimate of drug-likeness (QED) is 0.823. The molecule has 1 fully saturated rings. The Labute approximate surface area is 110 Å². The van der Waals surface area contributed by atoms with Crippen molar-refractivity contribution in [2.24, 2.45) is 5.41 Å². The summed E-state index contributed by atoms with van der Waals surface area (Å²) in [5.41, 5.74) is -0.503. The molecule has 0 aliphatic carbocycles. The van der Waals surface area contributed by atoms with Crippen LogP contribution in [0.15, 0.2) is 18.3 Å². The van der Waals surface area contributed by atoms with Gasteiger partial charge < -0.3 is 5.11 Å². The van der Waals surface area contributed by atoms with Crippen molar-refractivity contribution in [3.8, 4) is 0 Å². The minimum atomic E-state index is -1.12. The minimum absolute atomic E-state index is 0.00723. The number of nitrogens with zero attached hydrogens (tertiary/aromatic N) is 2. The highest BCUT2D eigenvalue weighted by atomic mass is 16.4. The molecule has 2 rings (SSSR count). The maximum absolute atomic E-state index is 12.1. The summed E-state index contributed by atoms with van der Waals surface area (Å²) in [5, 5.41) is 9.05. The van der Waals surface area contributed by atoms with E-state index >= 15 is 0 Å². The zero-order chi connectivity index (χ0) is 14.2. The zero-order valence-electron chi connectivity index (χ0n) is 10.7. The van der Waals surface area contributed by atoms with Gasteiger partial charge >= 0.3 is 5.97 Å². The van der Waals surface area contributed by atoms with Gasteiger partial charge in [-0.05, 0) is 12.1 Å². The van der Waals surface area contributed by atoms with E-state index < -0.39 is 11.4 Å². The molecule has 1 aliphatic rings. The van der Waals surface area contributed by atoms with E-state index in [-0.39, 0.29) is 36.0 Å². The molecule has 6 nitrogen and oxygen atoms in total. The Morgan fingerprint density at radius 2 is 2.16 bits per heavy atom. The SMILES string of the molecule is CC1(C)CC(=O)N(Cc2ncccc2C(=O)O)C1=O. The van der Waals surface area contributed by atoms with Crippen molar-refractivity contribution in [1.29, 1.82) is 0 Å². The Hall–Kier alpha value is -2.24. The van der Waals surface area contributed by atoms with E-state index in [1.54, 1.807) is 13.8 Å². The van der Waals surface area contributed by atoms with E-state index in [0.29, 0.717) is 0 Å². The molecule has 1 aliphatic heterocycles. The molecule has 19 heavy (non-hydrogen) atoms. The largest absolute Gasteiger partial charge is 0.478 e. The van der Waals surface area contributed by atoms with Gasteiger partial charge in [-0.3, -0.25) is 19.5 Å². The lowest BCUT2D eigenvalue weighted by molar-refractivity contribution is -0.141. The van der Waals surface area contributed by atoms with E-state index in [9.17, 15) is 14.4 Å². The number of carbonyl (C=O) groups is 3. The molecule has 2 heterocycles. The number of carboxylic acids is 1. The summed E-state index contributed by atoms with van der Waals surface area (Å²) >= 11 is 0. The predicted molar refractivity (Wildman–Crippen MR) is 65.2 cm³/mol. The fraction of sp³-hybridized carbons (Fsp3) is 0.385. The number of likely N-dealkylation sites (tertiary alicyclic amines) is 1. The highest BCUT2D eigenvalue weighted by Gasteiger charge is 2.44. The van der Waals surface area contributed by atoms with Gasteiger partial charge in [0, 0.05) is 12.6 Å². The van der Waals surface area contributed by atoms with Crippen molar-refractivity contribution in [2.45, 2.75) is 26.8 Å². The molecule has 0 radical (unpaired) electrons. The predicted octanol–water partition coefficient (Wildman–Crippen LogP) is 1.06. The van der Waals surface area contributed by atoms with Crippen LogP contribution in [0.25, 0.3) is 0 Å². The molecular formula is C13H14N2O4. The lowest BCUT2D eigenvalue weighted by atomic mass is 9.92. The van der Waals surface area contributed by atoms with Gasteiger partial charge in [0.05, 0.1) is 23.2 Å². The van der Waals surface area contributed by atoms with Crippen LogP contribution in [0.4, 0.5) is 0 Å². The molecule has 0 spiro atoms. The van der Waals surface area contributed by atoms with Gasteiger partial charge in [0.1, 0.15) is 0 Å². The maximum Gasteiger partial charge on any atom is 0.337 e. The molecule has 0 saturated carbocycles. The third-order valence-electron chi connectivity index (χ3n) is 3.15. The van der Waals surface area contributed by atoms with Gasteiger partial charge in [0.25, 0.3) is 0 Å². The molecule has 0 unspecified atom stereocenters. The second-order valence-electron chi connectivity index (χ2n) is 5.15. The molecule has 0 atom stereocenters. The first kappa shape index (κ1) is 13.2. The van der Waals surface area contributed by atoms with Crippen LogP contribution in [0.1, 0.15) is 36.3 Å². The van der Waals surface area contributed by atoms with Crippen LogP contribution >= 0.6 is 0 Å². The number of hydrogen-bond donors (Lipinski definition) is 1. The highest BCUT2D eigenvalue weighted by Crippen LogP contribution is 2.32. The van der Waals surface area contributed by atoms with Crippen LogP contribution < -0.4 is 0 Å². The number of hydrogen-bond acceptors (Lipinski definition) is 4. The average Bonchev–Trinajstić information content (AvgIpc) is 2.52. The molecule has 2 amide bonds. The Balaban J connectivity index is 2.30. The Bertz CT molecular complexity index is 566. The summed E-state index contributed by atoms with van der Waals surface area (Å²) in [6, 6.07) is 2.91. The molecule has 0 aromatic carbocycles. The maximum atomic E-state index is 12.1. The summed E-state index contributed by atoms with van der Waals surface area (Å²) in [4.78, 5) is 40.0. The van der Waals surface area contributed by atoms with Gasteiger partial charge in [0.15, 0.2) is 0 Å². The molecule has 0 bridgehead atoms. The Kier molecular flexibility index (Phi) is 3.09. The van der Waals surface area contributed by atoms with Gasteiger partial charge in [-0.2, -0.15) is 0 Å². The van der Waals surface area contributed by atoms with Crippen molar-refractivity contribution in [2.75, 3.05) is 0 Å². The second kappa shape index (κ2) is 4.46. The average molecular weight is 262 g/mol. The van der Waals surface area contributed by atoms with E-state index in [4.69, 9.17) is 5.11 Å². The molecule has 1 saturated heterocycles. The summed E-state index contributed by atoms with van der Waals surface area (Å²) in [6.45, 7) is 3.30. The summed E-state index contributed by atoms with van der Waals surface area (Å²) in [6.07, 6.45) is 1.58. The number of aromatic carboxylic acids is 1. The first-order chi connectivity index (χ1) is 8.83. The highest BCUT2D eigenvalue weighted by molar-refractivity contribution is 6.05. The number of imide groups is 1. The van der Waals surface area contributed by atoms with E-state index in [1.165, 1.54) is 18.3 Å². The smallest absolute Gasteiger partial charge is 0.337 e. The van der Waals surface area contributed by atoms with Gasteiger partial charge in [-0.15, -0.1) is 0 Å². The topological polar surface area (TPSA) is 87.6 Å². The standard InChI is InChI=1S/C13H14N2O4/c1-13(2)6-10(16)15(12(13)19)7-9-8(11(17)18)4-3-5-14-9/h3-5H,6-7H2,1-2H3,(H,17,18). The summed E-state index contributed by atoms with van der Waals surface area (Å²) in [7, 11) is 0. The summed E-state index contributed by atoms with van der Waals surface area (Å²) < 4.78 is 0. The molecule has 100 valence electrons. The lowest BCUT2D eigenvalue weighted by Gasteiger charge is -2.18. The third kappa shape index (κ3) is 2.33. The third-order valence-corrected chi connectivity index (χ3v) is 3.15. The van der Waals surface area contributed by atoms with Gasteiger partial charge in [0.2, 0.25) is 11.8 Å². The van der Waals surface area contributed by atoms with E-state index in [0.717, 1.165) is 4.90 Å². The molecule has 1 aromatic heterocycles. The fourth-order valence-corrected chi connectivity index (χ4v) is 2.10. The van der Waals surface area contributed by atoms with Crippen LogP contribution in [0, 0.1) is 5.41 Å². The monoisotopic (exact) mass is 262 g/mol. The first-order valence-corrected chi connectivity index (χ1v) is 5.85. The first-order valence-electron chi connectivity index (χ1n) is 5.85. The molecule has 6 heteroatoms. The Morgan fingerprint density at radius 3 is 2.68 bits per heavy atom. The van der Waals surface area contributed by atoms with E-state index in [1.807, 2.05) is 0 Å². The van der Waals surface area contributed by atoms with Crippen molar-refractivity contribution in [3.05, 3.63) is 29.6 Å². The number of rotatable bonds is 3. The number of aromatic nitrogens is 1. The number of amides is 2. The normalized spacial score (nSPS) is 17.9. The van der Waals surface area contributed by atoms with Crippen LogP contribution in [0.5, 0.6) is 0 Å². The van der Waals surface area contributed by atoms with Crippen molar-refractivity contribution in [3.63, 3.8) is 0 Å². The molecule has 1 aromatic rings. The van der Waals surface area contributed by atoms with Gasteiger partial charge in [-0.1, -0.05) is 13.8 Å². The summed E-state index contributed by atoms with van der Waals surface area (Å²) in [5.74, 6) is -1.71. The molecular weight excluding hydrogens is 248 g/mol. The fourth-order valence-electron chi connectivity index (χ4n) is 2.10. The van der Waals surface area contributed by atoms with Crippen LogP contribution in [-0.4, -0.2) is 32.8 Å². The minimum Gasteiger partial charge on any atom is -0.478 e. The number of carbonyl (C=O) groups excluding carboxylic acids is 2. The van der Waals surface area contributed by atoms with Crippen LogP contribution in [0.3, 0.4) is 0 Å². The number of pyridine rings is 1.